The van der Waals surface area contributed by atoms with Crippen molar-refractivity contribution in [3.8, 4) is 0 Å². The zero-order chi connectivity index (χ0) is 21.8. The van der Waals surface area contributed by atoms with E-state index in [1.807, 2.05) is 0 Å². The molecule has 0 aliphatic heterocycles. The summed E-state index contributed by atoms with van der Waals surface area (Å²) in [5.74, 6) is -1.62. The molecule has 0 saturated carbocycles. The highest BCUT2D eigenvalue weighted by Gasteiger charge is 2.20. The fraction of sp³-hybridized carbons (Fsp3) is 0. The Labute approximate surface area is 174 Å². The lowest BCUT2D eigenvalue weighted by atomic mass is 10.0. The van der Waals surface area contributed by atoms with Gasteiger partial charge in [0.05, 0.1) is 11.1 Å². The van der Waals surface area contributed by atoms with Gasteiger partial charge in [0.2, 0.25) is 9.82 Å². The molecule has 31 heavy (non-hydrogen) atoms. The predicted molar refractivity (Wildman–Crippen MR) is 112 cm³/mol. The van der Waals surface area contributed by atoms with Crippen LogP contribution >= 0.6 is 0 Å². The molecule has 0 atom stereocenters. The Morgan fingerprint density at radius 1 is 0.613 bits per heavy atom. The van der Waals surface area contributed by atoms with E-state index in [1.165, 1.54) is 0 Å². The van der Waals surface area contributed by atoms with Crippen LogP contribution in [0.5, 0.6) is 0 Å². The van der Waals surface area contributed by atoms with Crippen molar-refractivity contribution in [1.29, 1.82) is 11.1 Å². The largest absolute Gasteiger partial charge is 0.386 e. The summed E-state index contributed by atoms with van der Waals surface area (Å²) in [5.41, 5.74) is 15.1. The van der Waals surface area contributed by atoms with E-state index in [2.05, 4.69) is 20.1 Å². The van der Waals surface area contributed by atoms with Gasteiger partial charge in [0.15, 0.2) is 21.6 Å². The molecule has 0 heterocycles. The van der Waals surface area contributed by atoms with Gasteiger partial charge in [-0.3, -0.25) is 0 Å². The quantitative estimate of drug-likeness (QED) is 0.202. The molecule has 0 spiro atoms. The van der Waals surface area contributed by atoms with Crippen LogP contribution in [0, 0.1) is 11.1 Å². The van der Waals surface area contributed by atoms with Gasteiger partial charge >= 0.3 is 11.9 Å². The van der Waals surface area contributed by atoms with Gasteiger partial charge in [-0.15, -0.1) is 0 Å². The van der Waals surface area contributed by atoms with E-state index in [4.69, 9.17) is 15.8 Å². The molecule has 0 saturated heterocycles. The van der Waals surface area contributed by atoms with Crippen LogP contribution in [0.4, 0.5) is 11.4 Å². The minimum Gasteiger partial charge on any atom is -0.386 e. The van der Waals surface area contributed by atoms with Crippen LogP contribution in [-0.2, 0) is 4.74 Å². The van der Waals surface area contributed by atoms with Gasteiger partial charge in [0.1, 0.15) is 11.1 Å². The van der Waals surface area contributed by atoms with E-state index in [1.54, 1.807) is 72.8 Å². The summed E-state index contributed by atoms with van der Waals surface area (Å²) in [6, 6.07) is 20.0. The van der Waals surface area contributed by atoms with Gasteiger partial charge in [-0.1, -0.05) is 48.5 Å². The number of carbonyl (C=O) groups excluding carboxylic acids is 2. The Bertz CT molecular complexity index is 1360. The van der Waals surface area contributed by atoms with Crippen molar-refractivity contribution in [2.24, 2.45) is 10.2 Å². The first kappa shape index (κ1) is 19.5. The highest BCUT2D eigenvalue weighted by Crippen LogP contribution is 2.30. The number of hydrogen-bond acceptors (Lipinski definition) is 7. The van der Waals surface area contributed by atoms with Gasteiger partial charge in [0, 0.05) is 10.8 Å². The highest BCUT2D eigenvalue weighted by molar-refractivity contribution is 6.14. The minimum atomic E-state index is -0.811. The molecule has 2 N–H and O–H groups in total. The molecular formula is C22H14N6O3+2. The molecule has 0 amide bonds. The molecule has 9 nitrogen and oxygen atoms in total. The molecule has 9 heteroatoms. The lowest BCUT2D eigenvalue weighted by molar-refractivity contribution is 0.0400. The fourth-order valence-corrected chi connectivity index (χ4v) is 3.42. The van der Waals surface area contributed by atoms with Crippen LogP contribution in [-0.4, -0.2) is 11.9 Å². The SMILES string of the molecule is N=[N+]=Nc1cccc2c(C(=O)OC(=O)c3cccc4c(N=[N+]=N)cccc34)cccc12. The number of nitrogens with zero attached hydrogens (tertiary/aromatic N) is 4. The number of benzene rings is 4. The van der Waals surface area contributed by atoms with Crippen LogP contribution in [0.2, 0.25) is 0 Å². The Kier molecular flexibility index (Phi) is 5.19. The van der Waals surface area contributed by atoms with Gasteiger partial charge in [-0.2, -0.15) is 0 Å². The second-order valence-electron chi connectivity index (χ2n) is 6.43. The summed E-state index contributed by atoms with van der Waals surface area (Å²) < 4.78 is 5.18. The zero-order valence-electron chi connectivity index (χ0n) is 15.9. The normalized spacial score (nSPS) is 10.2. The Hall–Kier alpha value is -4.84. The van der Waals surface area contributed by atoms with Crippen LogP contribution in [0.15, 0.2) is 83.0 Å². The summed E-state index contributed by atoms with van der Waals surface area (Å²) in [5, 5.41) is 9.76. The van der Waals surface area contributed by atoms with E-state index in [-0.39, 0.29) is 11.1 Å². The molecular weight excluding hydrogens is 396 g/mol. The Balaban J connectivity index is 1.73. The maximum atomic E-state index is 12.8. The third kappa shape index (κ3) is 3.61. The van der Waals surface area contributed by atoms with Crippen molar-refractivity contribution in [2.45, 2.75) is 0 Å². The zero-order valence-corrected chi connectivity index (χ0v) is 15.9. The van der Waals surface area contributed by atoms with E-state index >= 15 is 0 Å². The fourth-order valence-electron chi connectivity index (χ4n) is 3.42. The van der Waals surface area contributed by atoms with Gasteiger partial charge in [-0.25, -0.2) is 9.59 Å². The van der Waals surface area contributed by atoms with E-state index in [0.29, 0.717) is 32.9 Å². The first-order chi connectivity index (χ1) is 15.1. The molecule has 0 radical (unpaired) electrons. The van der Waals surface area contributed by atoms with Crippen LogP contribution in [0.25, 0.3) is 21.5 Å². The number of hydrogen-bond donors (Lipinski definition) is 2. The maximum Gasteiger partial charge on any atom is 0.346 e. The monoisotopic (exact) mass is 410 g/mol. The first-order valence-electron chi connectivity index (χ1n) is 9.09. The minimum absolute atomic E-state index is 0.191. The van der Waals surface area contributed by atoms with E-state index < -0.39 is 11.9 Å². The second kappa shape index (κ2) is 8.26. The lowest BCUT2D eigenvalue weighted by Crippen LogP contribution is -2.13. The Morgan fingerprint density at radius 2 is 1.00 bits per heavy atom. The molecule has 0 aliphatic carbocycles. The third-order valence-electron chi connectivity index (χ3n) is 4.74. The predicted octanol–water partition coefficient (Wildman–Crippen LogP) is 5.35. The molecule has 4 rings (SSSR count). The Morgan fingerprint density at radius 3 is 1.42 bits per heavy atom. The smallest absolute Gasteiger partial charge is 0.346 e. The molecule has 0 bridgehead atoms. The lowest BCUT2D eigenvalue weighted by Gasteiger charge is -2.08. The summed E-state index contributed by atoms with van der Waals surface area (Å²) in [6.07, 6.45) is 0. The molecule has 4 aromatic carbocycles. The molecule has 0 unspecified atom stereocenters. The summed E-state index contributed by atoms with van der Waals surface area (Å²) in [7, 11) is 0. The summed E-state index contributed by atoms with van der Waals surface area (Å²) in [6.45, 7) is 0. The molecule has 0 fully saturated rings. The van der Waals surface area contributed by atoms with Crippen molar-refractivity contribution in [1.82, 2.24) is 9.82 Å². The van der Waals surface area contributed by atoms with Crippen molar-refractivity contribution in [3.63, 3.8) is 0 Å². The van der Waals surface area contributed by atoms with Crippen LogP contribution < -0.4 is 9.82 Å². The molecule has 0 aromatic heterocycles. The van der Waals surface area contributed by atoms with Crippen LogP contribution in [0.3, 0.4) is 0 Å². The van der Waals surface area contributed by atoms with Gasteiger partial charge < -0.3 is 4.74 Å². The standard InChI is InChI=1S/C22H14N6O3/c23-27-25-19-11-3-5-13-15(19)7-1-9-17(13)21(29)31-22(30)18-10-2-8-16-14(18)6-4-12-20(16)26-28-24/h1-12,23-24H/q+2. The van der Waals surface area contributed by atoms with Crippen molar-refractivity contribution in [2.75, 3.05) is 0 Å². The van der Waals surface area contributed by atoms with Crippen molar-refractivity contribution in [3.05, 3.63) is 83.9 Å². The summed E-state index contributed by atoms with van der Waals surface area (Å²) >= 11 is 0. The number of ether oxygens (including phenoxy) is 1. The second-order valence-corrected chi connectivity index (χ2v) is 6.43. The van der Waals surface area contributed by atoms with E-state index in [0.717, 1.165) is 0 Å². The van der Waals surface area contributed by atoms with Gasteiger partial charge in [0.25, 0.3) is 0 Å². The van der Waals surface area contributed by atoms with E-state index in [9.17, 15) is 9.59 Å². The third-order valence-corrected chi connectivity index (χ3v) is 4.74. The van der Waals surface area contributed by atoms with Crippen LogP contribution in [0.1, 0.15) is 20.7 Å². The number of carbonyl (C=O) groups is 2. The van der Waals surface area contributed by atoms with Gasteiger partial charge in [-0.05, 0) is 35.0 Å². The maximum absolute atomic E-state index is 12.8. The molecule has 4 aromatic rings. The van der Waals surface area contributed by atoms with Crippen molar-refractivity contribution < 1.29 is 14.3 Å². The molecule has 148 valence electrons. The summed E-state index contributed by atoms with van der Waals surface area (Å²) in [4.78, 5) is 31.7. The number of fused-ring (bicyclic) bond motifs is 2. The van der Waals surface area contributed by atoms with Crippen molar-refractivity contribution >= 4 is 44.9 Å². The topological polar surface area (TPSA) is 144 Å². The average molecular weight is 410 g/mol. The number of rotatable bonds is 4. The number of esters is 2. The number of nitrogens with one attached hydrogen (secondary N) is 2. The molecule has 0 aliphatic rings. The first-order valence-corrected chi connectivity index (χ1v) is 9.09. The average Bonchev–Trinajstić information content (AvgIpc) is 2.79. The highest BCUT2D eigenvalue weighted by atomic mass is 16.6.